The molecule has 2 aromatic carbocycles. The molecule has 2 unspecified atom stereocenters. The van der Waals surface area contributed by atoms with Crippen LogP contribution in [0.4, 0.5) is 13.2 Å². The van der Waals surface area contributed by atoms with Crippen molar-refractivity contribution in [1.82, 2.24) is 9.71 Å². The van der Waals surface area contributed by atoms with Gasteiger partial charge in [0.15, 0.2) is 0 Å². The van der Waals surface area contributed by atoms with Gasteiger partial charge in [0.05, 0.1) is 34.1 Å². The smallest absolute Gasteiger partial charge is 0.416 e. The van der Waals surface area contributed by atoms with E-state index in [1.165, 1.54) is 12.1 Å². The van der Waals surface area contributed by atoms with E-state index in [4.69, 9.17) is 4.74 Å². The number of ether oxygens (including phenoxy) is 1. The van der Waals surface area contributed by atoms with Crippen molar-refractivity contribution < 1.29 is 22.1 Å². The minimum Gasteiger partial charge on any atom is -0.494 e. The molecule has 4 nitrogen and oxygen atoms in total. The summed E-state index contributed by atoms with van der Waals surface area (Å²) in [6, 6.07) is 14.4. The van der Waals surface area contributed by atoms with Crippen molar-refractivity contribution in [3.63, 3.8) is 0 Å². The number of halogens is 3. The Morgan fingerprint density at radius 2 is 1.93 bits per heavy atom. The highest BCUT2D eigenvalue weighted by atomic mass is 32.2. The summed E-state index contributed by atoms with van der Waals surface area (Å²) in [5.41, 5.74) is 1.40. The second-order valence-electron chi connectivity index (χ2n) is 7.35. The van der Waals surface area contributed by atoms with Crippen molar-refractivity contribution in [2.45, 2.75) is 23.0 Å². The summed E-state index contributed by atoms with van der Waals surface area (Å²) < 4.78 is 61.1. The van der Waals surface area contributed by atoms with Gasteiger partial charge < -0.3 is 4.74 Å². The molecule has 8 heteroatoms. The Kier molecular flexibility index (Phi) is 4.04. The van der Waals surface area contributed by atoms with Crippen molar-refractivity contribution in [3.05, 3.63) is 78.1 Å². The molecule has 2 atom stereocenters. The fraction of sp³-hybridized carbons (Fsp3) is 0.182. The second-order valence-corrected chi connectivity index (χ2v) is 9.63. The second kappa shape index (κ2) is 6.33. The quantitative estimate of drug-likeness (QED) is 0.624. The number of methoxy groups -OCH3 is 1. The predicted octanol–water partition coefficient (Wildman–Crippen LogP) is 4.41. The van der Waals surface area contributed by atoms with E-state index in [2.05, 4.69) is 9.71 Å². The van der Waals surface area contributed by atoms with Gasteiger partial charge in [-0.2, -0.15) is 13.2 Å². The van der Waals surface area contributed by atoms with Crippen molar-refractivity contribution in [3.8, 4) is 16.9 Å². The molecule has 1 saturated carbocycles. The molecule has 1 N–H and O–H groups in total. The monoisotopic (exact) mass is 430 g/mol. The van der Waals surface area contributed by atoms with E-state index in [9.17, 15) is 17.4 Å². The fourth-order valence-electron chi connectivity index (χ4n) is 4.00. The summed E-state index contributed by atoms with van der Waals surface area (Å²) in [6.45, 7) is 0. The number of hydrogen-bond acceptors (Lipinski definition) is 3. The number of pyridine rings is 1. The predicted molar refractivity (Wildman–Crippen MR) is 109 cm³/mol. The van der Waals surface area contributed by atoms with E-state index in [1.54, 1.807) is 19.5 Å². The Balaban J connectivity index is 1.53. The Morgan fingerprint density at radius 3 is 2.67 bits per heavy atom. The van der Waals surface area contributed by atoms with Gasteiger partial charge in [0.2, 0.25) is 0 Å². The lowest BCUT2D eigenvalue weighted by molar-refractivity contribution is -0.137. The number of aromatic nitrogens is 1. The molecule has 2 heterocycles. The molecule has 1 fully saturated rings. The first kappa shape index (κ1) is 19.1. The number of hydrogen-bond donors (Lipinski definition) is 1. The fourth-order valence-corrected chi connectivity index (χ4v) is 6.82. The summed E-state index contributed by atoms with van der Waals surface area (Å²) in [5.74, 6) is 0.640. The van der Waals surface area contributed by atoms with Crippen LogP contribution in [-0.2, 0) is 21.4 Å². The lowest BCUT2D eigenvalue weighted by Crippen LogP contribution is -2.47. The van der Waals surface area contributed by atoms with Crippen LogP contribution < -0.4 is 9.46 Å². The largest absolute Gasteiger partial charge is 0.494 e. The molecule has 0 amide bonds. The van der Waals surface area contributed by atoms with Gasteiger partial charge >= 0.3 is 6.18 Å². The molecule has 1 aromatic heterocycles. The third kappa shape index (κ3) is 2.74. The minimum atomic E-state index is -4.47. The highest BCUT2D eigenvalue weighted by molar-refractivity contribution is 8.03. The number of nitrogens with zero attached hydrogens (tertiary/aromatic N) is 1. The maximum absolute atomic E-state index is 13.4. The lowest BCUT2D eigenvalue weighted by atomic mass is 9.98. The van der Waals surface area contributed by atoms with Crippen LogP contribution in [0.25, 0.3) is 11.1 Å². The third-order valence-corrected chi connectivity index (χ3v) is 8.35. The van der Waals surface area contributed by atoms with E-state index >= 15 is 0 Å². The SMILES string of the molecule is COc1cnccc1-c1cccc(C23CC2=S(=O)(c2cccc(C(F)(F)F)c2)N3)c1. The summed E-state index contributed by atoms with van der Waals surface area (Å²) >= 11 is 0. The molecule has 3 aromatic rings. The Bertz CT molecular complexity index is 1300. The highest BCUT2D eigenvalue weighted by Crippen LogP contribution is 2.53. The van der Waals surface area contributed by atoms with Crippen LogP contribution in [0.3, 0.4) is 0 Å². The zero-order valence-corrected chi connectivity index (χ0v) is 16.7. The topological polar surface area (TPSA) is 51.2 Å². The van der Waals surface area contributed by atoms with E-state index < -0.39 is 27.0 Å². The molecule has 0 saturated heterocycles. The molecule has 0 bridgehead atoms. The third-order valence-electron chi connectivity index (χ3n) is 5.61. The molecule has 154 valence electrons. The van der Waals surface area contributed by atoms with E-state index in [1.807, 2.05) is 30.3 Å². The average molecular weight is 430 g/mol. The standard InChI is InChI=1S/C22H17F3N2O2S/c1-29-19-13-26-9-8-18(19)14-4-2-5-15(10-14)21-12-20(21)30(28,27-21)17-7-3-6-16(11-17)22(23,24)25/h2-11,13H,12H2,1H3,(H,27,28). The maximum atomic E-state index is 13.4. The number of alkyl halides is 3. The molecular formula is C22H17F3N2O2S. The number of nitrogens with one attached hydrogen (secondary N) is 1. The highest BCUT2D eigenvalue weighted by Gasteiger charge is 2.64. The van der Waals surface area contributed by atoms with Crippen LogP contribution >= 0.6 is 0 Å². The molecule has 30 heavy (non-hydrogen) atoms. The molecule has 0 radical (unpaired) electrons. The summed E-state index contributed by atoms with van der Waals surface area (Å²) in [4.78, 5) is 4.98. The summed E-state index contributed by atoms with van der Waals surface area (Å²) in [5, 5.41) is 0. The van der Waals surface area contributed by atoms with Gasteiger partial charge in [0.25, 0.3) is 0 Å². The van der Waals surface area contributed by atoms with Gasteiger partial charge in [-0.15, -0.1) is 0 Å². The van der Waals surface area contributed by atoms with Crippen LogP contribution in [0.15, 0.2) is 71.9 Å². The van der Waals surface area contributed by atoms with E-state index in [-0.39, 0.29) is 4.90 Å². The number of fused-ring (bicyclic) bond motifs is 1. The number of rotatable bonds is 4. The van der Waals surface area contributed by atoms with Crippen LogP contribution in [0, 0.1) is 0 Å². The molecule has 1 aliphatic carbocycles. The van der Waals surface area contributed by atoms with Gasteiger partial charge in [0.1, 0.15) is 5.75 Å². The van der Waals surface area contributed by atoms with Gasteiger partial charge in [-0.25, -0.2) is 8.93 Å². The summed E-state index contributed by atoms with van der Waals surface area (Å²) in [7, 11) is -1.24. The molecular weight excluding hydrogens is 413 g/mol. The van der Waals surface area contributed by atoms with Gasteiger partial charge in [-0.3, -0.25) is 4.98 Å². The first-order chi connectivity index (χ1) is 14.3. The van der Waals surface area contributed by atoms with Crippen LogP contribution in [0.1, 0.15) is 17.5 Å². The van der Waals surface area contributed by atoms with Crippen LogP contribution in [-0.4, -0.2) is 21.2 Å². The van der Waals surface area contributed by atoms with E-state index in [0.29, 0.717) is 12.2 Å². The normalized spacial score (nSPS) is 24.7. The lowest BCUT2D eigenvalue weighted by Gasteiger charge is -2.30. The minimum absolute atomic E-state index is 0.174. The number of benzene rings is 2. The first-order valence-electron chi connectivity index (χ1n) is 9.24. The van der Waals surface area contributed by atoms with Crippen molar-refractivity contribution >= 4 is 14.6 Å². The Labute approximate surface area is 171 Å². The molecule has 5 rings (SSSR count). The molecule has 1 aliphatic heterocycles. The van der Waals surface area contributed by atoms with Crippen molar-refractivity contribution in [2.75, 3.05) is 7.11 Å². The van der Waals surface area contributed by atoms with Gasteiger partial charge in [-0.1, -0.05) is 24.3 Å². The maximum Gasteiger partial charge on any atom is 0.416 e. The van der Waals surface area contributed by atoms with E-state index in [0.717, 1.165) is 33.7 Å². The zero-order valence-electron chi connectivity index (χ0n) is 15.9. The van der Waals surface area contributed by atoms with Crippen molar-refractivity contribution in [2.24, 2.45) is 0 Å². The van der Waals surface area contributed by atoms with Crippen LogP contribution in [0.2, 0.25) is 0 Å². The Hall–Kier alpha value is -2.84. The van der Waals surface area contributed by atoms with Gasteiger partial charge in [-0.05, 0) is 41.5 Å². The van der Waals surface area contributed by atoms with Gasteiger partial charge in [0, 0.05) is 27.9 Å². The first-order valence-corrected chi connectivity index (χ1v) is 10.8. The van der Waals surface area contributed by atoms with Crippen molar-refractivity contribution in [1.29, 1.82) is 0 Å². The Morgan fingerprint density at radius 1 is 1.13 bits per heavy atom. The van der Waals surface area contributed by atoms with Crippen LogP contribution in [0.5, 0.6) is 5.75 Å². The molecule has 2 aliphatic rings. The zero-order chi connectivity index (χ0) is 21.1. The summed E-state index contributed by atoms with van der Waals surface area (Å²) in [6.07, 6.45) is -0.617. The molecule has 0 spiro atoms. The average Bonchev–Trinajstić information content (AvgIpc) is 3.41.